The fourth-order valence-electron chi connectivity index (χ4n) is 2.15. The first-order valence-corrected chi connectivity index (χ1v) is 8.78. The van der Waals surface area contributed by atoms with Crippen molar-refractivity contribution in [3.05, 3.63) is 29.8 Å². The zero-order valence-corrected chi connectivity index (χ0v) is 15.3. The van der Waals surface area contributed by atoms with E-state index < -0.39 is 0 Å². The van der Waals surface area contributed by atoms with Crippen LogP contribution in [0.1, 0.15) is 46.6 Å². The second-order valence-electron chi connectivity index (χ2n) is 6.61. The summed E-state index contributed by atoms with van der Waals surface area (Å²) in [7, 11) is -0.366. The molecule has 1 aromatic rings. The smallest absolute Gasteiger partial charge is 0.399 e. The van der Waals surface area contributed by atoms with Gasteiger partial charge in [0.15, 0.2) is 5.12 Å². The third-order valence-corrected chi connectivity index (χ3v) is 4.99. The molecule has 1 fully saturated rings. The lowest BCUT2D eigenvalue weighted by atomic mass is 9.78. The molecule has 0 aliphatic carbocycles. The van der Waals surface area contributed by atoms with Crippen molar-refractivity contribution in [3.63, 3.8) is 0 Å². The second kappa shape index (κ2) is 7.13. The Morgan fingerprint density at radius 3 is 2.48 bits per heavy atom. The van der Waals surface area contributed by atoms with E-state index >= 15 is 0 Å². The lowest BCUT2D eigenvalue weighted by molar-refractivity contribution is -0.109. The van der Waals surface area contributed by atoms with E-state index in [1.54, 1.807) is 6.92 Å². The van der Waals surface area contributed by atoms with E-state index in [2.05, 4.69) is 11.8 Å². The van der Waals surface area contributed by atoms with Crippen LogP contribution in [0.2, 0.25) is 0 Å². The largest absolute Gasteiger partial charge is 0.494 e. The minimum Gasteiger partial charge on any atom is -0.399 e. The quantitative estimate of drug-likeness (QED) is 0.485. The topological polar surface area (TPSA) is 35.5 Å². The van der Waals surface area contributed by atoms with Gasteiger partial charge in [-0.2, -0.15) is 0 Å². The molecule has 5 heteroatoms. The molecule has 0 radical (unpaired) electrons. The molecule has 0 saturated carbocycles. The lowest BCUT2D eigenvalue weighted by Gasteiger charge is -2.32. The van der Waals surface area contributed by atoms with Crippen molar-refractivity contribution in [3.8, 4) is 11.8 Å². The van der Waals surface area contributed by atoms with Gasteiger partial charge in [-0.05, 0) is 45.3 Å². The van der Waals surface area contributed by atoms with Gasteiger partial charge in [0.1, 0.15) is 0 Å². The molecule has 1 aliphatic rings. The van der Waals surface area contributed by atoms with Crippen LogP contribution in [-0.4, -0.2) is 29.2 Å². The summed E-state index contributed by atoms with van der Waals surface area (Å²) in [4.78, 5) is 10.9. The molecule has 3 nitrogen and oxygen atoms in total. The van der Waals surface area contributed by atoms with E-state index in [4.69, 9.17) is 9.31 Å². The van der Waals surface area contributed by atoms with Crippen molar-refractivity contribution in [2.24, 2.45) is 0 Å². The molecule has 0 amide bonds. The molecule has 1 heterocycles. The van der Waals surface area contributed by atoms with E-state index in [1.165, 1.54) is 11.8 Å². The third-order valence-electron chi connectivity index (χ3n) is 4.18. The van der Waals surface area contributed by atoms with Crippen molar-refractivity contribution in [1.29, 1.82) is 0 Å². The molecule has 0 unspecified atom stereocenters. The summed E-state index contributed by atoms with van der Waals surface area (Å²) in [5.41, 5.74) is 1.23. The summed E-state index contributed by atoms with van der Waals surface area (Å²) >= 11 is 1.31. The molecule has 0 bridgehead atoms. The average molecular weight is 330 g/mol. The van der Waals surface area contributed by atoms with Crippen molar-refractivity contribution >= 4 is 29.5 Å². The predicted molar refractivity (Wildman–Crippen MR) is 96.8 cm³/mol. The highest BCUT2D eigenvalue weighted by Crippen LogP contribution is 2.36. The molecule has 122 valence electrons. The number of benzene rings is 1. The summed E-state index contributed by atoms with van der Waals surface area (Å²) in [6.45, 7) is 9.76. The Kier molecular flexibility index (Phi) is 5.62. The van der Waals surface area contributed by atoms with Gasteiger partial charge in [-0.25, -0.2) is 0 Å². The maximum Gasteiger partial charge on any atom is 0.494 e. The SMILES string of the molecule is CC(=O)SCCC#Cc1cccc(B2OC(C)(C)C(C)(C)O2)c1. The van der Waals surface area contributed by atoms with Crippen LogP contribution < -0.4 is 5.46 Å². The van der Waals surface area contributed by atoms with Gasteiger partial charge < -0.3 is 9.31 Å². The Bertz CT molecular complexity index is 627. The maximum absolute atomic E-state index is 10.9. The van der Waals surface area contributed by atoms with Crippen LogP contribution in [0, 0.1) is 11.8 Å². The van der Waals surface area contributed by atoms with Crippen LogP contribution in [-0.2, 0) is 14.1 Å². The van der Waals surface area contributed by atoms with Gasteiger partial charge in [0.25, 0.3) is 0 Å². The van der Waals surface area contributed by atoms with Crippen LogP contribution in [0.15, 0.2) is 24.3 Å². The molecule has 23 heavy (non-hydrogen) atoms. The van der Waals surface area contributed by atoms with Crippen LogP contribution in [0.25, 0.3) is 0 Å². The van der Waals surface area contributed by atoms with Gasteiger partial charge in [-0.15, -0.1) is 0 Å². The first-order chi connectivity index (χ1) is 10.7. The molecule has 1 aliphatic heterocycles. The van der Waals surface area contributed by atoms with E-state index in [0.29, 0.717) is 6.42 Å². The average Bonchev–Trinajstić information content (AvgIpc) is 2.67. The van der Waals surface area contributed by atoms with Gasteiger partial charge in [0.05, 0.1) is 11.2 Å². The Balaban J connectivity index is 2.04. The Labute approximate surface area is 143 Å². The molecule has 0 aromatic heterocycles. The Morgan fingerprint density at radius 1 is 1.22 bits per heavy atom. The van der Waals surface area contributed by atoms with Gasteiger partial charge in [0.2, 0.25) is 0 Å². The molecule has 0 N–H and O–H groups in total. The highest BCUT2D eigenvalue weighted by molar-refractivity contribution is 8.13. The molecule has 0 atom stereocenters. The van der Waals surface area contributed by atoms with Crippen molar-refractivity contribution < 1.29 is 14.1 Å². The molecule has 1 aromatic carbocycles. The highest BCUT2D eigenvalue weighted by Gasteiger charge is 2.51. The summed E-state index contributed by atoms with van der Waals surface area (Å²) in [6.07, 6.45) is 0.699. The number of rotatable bonds is 3. The van der Waals surface area contributed by atoms with E-state index in [1.807, 2.05) is 52.0 Å². The number of carbonyl (C=O) groups is 1. The van der Waals surface area contributed by atoms with Crippen molar-refractivity contribution in [1.82, 2.24) is 0 Å². The molecular weight excluding hydrogens is 307 g/mol. The normalized spacial score (nSPS) is 18.4. The van der Waals surface area contributed by atoms with E-state index in [0.717, 1.165) is 16.8 Å². The van der Waals surface area contributed by atoms with Gasteiger partial charge in [0, 0.05) is 24.7 Å². The molecule has 1 saturated heterocycles. The first-order valence-electron chi connectivity index (χ1n) is 7.79. The fraction of sp³-hybridized carbons (Fsp3) is 0.500. The third kappa shape index (κ3) is 4.63. The van der Waals surface area contributed by atoms with Crippen LogP contribution >= 0.6 is 11.8 Å². The highest BCUT2D eigenvalue weighted by atomic mass is 32.2. The minimum absolute atomic E-state index is 0.134. The van der Waals surface area contributed by atoms with Gasteiger partial charge >= 0.3 is 7.12 Å². The first kappa shape index (κ1) is 18.1. The lowest BCUT2D eigenvalue weighted by Crippen LogP contribution is -2.41. The van der Waals surface area contributed by atoms with Crippen molar-refractivity contribution in [2.75, 3.05) is 5.75 Å². The standard InChI is InChI=1S/C18H23BO3S/c1-14(20)23-12-7-6-9-15-10-8-11-16(13-15)19-21-17(2,3)18(4,5)22-19/h8,10-11,13H,7,12H2,1-5H3. The van der Waals surface area contributed by atoms with Crippen LogP contribution in [0.5, 0.6) is 0 Å². The van der Waals surface area contributed by atoms with Crippen LogP contribution in [0.3, 0.4) is 0 Å². The zero-order valence-electron chi connectivity index (χ0n) is 14.4. The maximum atomic E-state index is 10.9. The van der Waals surface area contributed by atoms with Gasteiger partial charge in [-0.3, -0.25) is 4.79 Å². The monoisotopic (exact) mass is 330 g/mol. The second-order valence-corrected chi connectivity index (χ2v) is 7.88. The number of hydrogen-bond acceptors (Lipinski definition) is 4. The summed E-state index contributed by atoms with van der Waals surface area (Å²) < 4.78 is 12.1. The molecular formula is C18H23BO3S. The fourth-order valence-corrected chi connectivity index (χ4v) is 2.64. The summed E-state index contributed by atoms with van der Waals surface area (Å²) in [6, 6.07) is 7.95. The van der Waals surface area contributed by atoms with E-state index in [-0.39, 0.29) is 23.4 Å². The molecule has 2 rings (SSSR count). The van der Waals surface area contributed by atoms with Gasteiger partial charge in [-0.1, -0.05) is 35.7 Å². The summed E-state index contributed by atoms with van der Waals surface area (Å²) in [5.74, 6) is 6.98. The van der Waals surface area contributed by atoms with Crippen molar-refractivity contribution in [2.45, 2.75) is 52.2 Å². The number of carbonyl (C=O) groups excluding carboxylic acids is 1. The predicted octanol–water partition coefficient (Wildman–Crippen LogP) is 3.01. The number of hydrogen-bond donors (Lipinski definition) is 0. The summed E-state index contributed by atoms with van der Waals surface area (Å²) in [5, 5.41) is 0.134. The Morgan fingerprint density at radius 2 is 1.87 bits per heavy atom. The Hall–Kier alpha value is -1.22. The minimum atomic E-state index is -0.366. The zero-order chi connectivity index (χ0) is 17.1. The molecule has 0 spiro atoms. The van der Waals surface area contributed by atoms with E-state index in [9.17, 15) is 4.79 Å². The van der Waals surface area contributed by atoms with Crippen LogP contribution in [0.4, 0.5) is 0 Å². The number of thioether (sulfide) groups is 1.